The van der Waals surface area contributed by atoms with Gasteiger partial charge in [-0.3, -0.25) is 19.7 Å². The van der Waals surface area contributed by atoms with E-state index in [4.69, 9.17) is 4.74 Å². The number of ether oxygens (including phenoxy) is 1. The van der Waals surface area contributed by atoms with Gasteiger partial charge in [0.25, 0.3) is 5.69 Å². The van der Waals surface area contributed by atoms with Gasteiger partial charge in [0.15, 0.2) is 0 Å². The molecule has 0 spiro atoms. The van der Waals surface area contributed by atoms with Gasteiger partial charge in [0.2, 0.25) is 11.8 Å². The fraction of sp³-hybridized carbons (Fsp3) is 0.259. The fourth-order valence-corrected chi connectivity index (χ4v) is 4.86. The van der Waals surface area contributed by atoms with E-state index >= 15 is 0 Å². The largest absolute Gasteiger partial charge is 0.489 e. The van der Waals surface area contributed by atoms with E-state index < -0.39 is 4.92 Å². The first-order valence-corrected chi connectivity index (χ1v) is 11.7. The van der Waals surface area contributed by atoms with Crippen molar-refractivity contribution < 1.29 is 19.2 Å². The zero-order valence-corrected chi connectivity index (χ0v) is 19.1. The van der Waals surface area contributed by atoms with Gasteiger partial charge in [-0.05, 0) is 54.8 Å². The third kappa shape index (κ3) is 4.59. The molecule has 1 aliphatic carbocycles. The number of nitrogens with zero attached hydrogens (tertiary/aromatic N) is 2. The summed E-state index contributed by atoms with van der Waals surface area (Å²) in [6, 6.07) is 21.4. The Morgan fingerprint density at radius 3 is 2.20 bits per heavy atom. The molecule has 1 aliphatic heterocycles. The van der Waals surface area contributed by atoms with Crippen molar-refractivity contribution >= 4 is 34.6 Å². The normalized spacial score (nSPS) is 19.4. The first-order chi connectivity index (χ1) is 17.0. The van der Waals surface area contributed by atoms with Crippen LogP contribution < -0.4 is 15.0 Å². The van der Waals surface area contributed by atoms with Crippen molar-refractivity contribution in [3.63, 3.8) is 0 Å². The smallest absolute Gasteiger partial charge is 0.294 e. The van der Waals surface area contributed by atoms with Crippen molar-refractivity contribution in [1.29, 1.82) is 0 Å². The van der Waals surface area contributed by atoms with E-state index in [0.29, 0.717) is 30.9 Å². The van der Waals surface area contributed by atoms with Gasteiger partial charge in [0.1, 0.15) is 18.0 Å². The Kier molecular flexibility index (Phi) is 6.18. The zero-order valence-electron chi connectivity index (χ0n) is 19.1. The van der Waals surface area contributed by atoms with Crippen LogP contribution in [0.15, 0.2) is 72.8 Å². The zero-order chi connectivity index (χ0) is 24.4. The lowest BCUT2D eigenvalue weighted by Gasteiger charge is -2.19. The number of imide groups is 1. The molecule has 8 heteroatoms. The third-order valence-corrected chi connectivity index (χ3v) is 6.66. The number of carbonyl (C=O) groups excluding carboxylic acids is 2. The molecule has 1 heterocycles. The molecular formula is C27H25N3O5. The Balaban J connectivity index is 1.32. The summed E-state index contributed by atoms with van der Waals surface area (Å²) in [5, 5.41) is 14.9. The van der Waals surface area contributed by atoms with E-state index in [2.05, 4.69) is 5.32 Å². The summed E-state index contributed by atoms with van der Waals surface area (Å²) in [5.74, 6) is -0.440. The van der Waals surface area contributed by atoms with Crippen LogP contribution in [0.1, 0.15) is 31.2 Å². The summed E-state index contributed by atoms with van der Waals surface area (Å²) in [6.45, 7) is 0.441. The monoisotopic (exact) mass is 471 g/mol. The lowest BCUT2D eigenvalue weighted by molar-refractivity contribution is -0.383. The summed E-state index contributed by atoms with van der Waals surface area (Å²) in [5.41, 5.74) is 2.01. The number of benzene rings is 3. The second kappa shape index (κ2) is 9.58. The number of amides is 2. The Hall–Kier alpha value is -4.20. The van der Waals surface area contributed by atoms with E-state index in [0.717, 1.165) is 23.3 Å². The number of fused-ring (bicyclic) bond motifs is 1. The van der Waals surface area contributed by atoms with Crippen molar-refractivity contribution in [2.45, 2.75) is 32.3 Å². The van der Waals surface area contributed by atoms with E-state index in [1.54, 1.807) is 30.3 Å². The number of anilines is 3. The van der Waals surface area contributed by atoms with Crippen LogP contribution >= 0.6 is 0 Å². The standard InChI is InChI=1S/C27H25N3O5/c31-26-22-8-4-5-9-23(22)27(32)29(26)20-12-15-24(25(16-20)30(33)34)28-19-10-13-21(14-11-19)35-17-18-6-2-1-3-7-18/h1-3,6-7,10-16,22-23,28H,4-5,8-9,17H2/t22-,23-/m1/s1. The average molecular weight is 472 g/mol. The van der Waals surface area contributed by atoms with Crippen LogP contribution in [0, 0.1) is 22.0 Å². The van der Waals surface area contributed by atoms with Gasteiger partial charge in [-0.2, -0.15) is 0 Å². The number of hydrogen-bond donors (Lipinski definition) is 1. The molecule has 35 heavy (non-hydrogen) atoms. The highest BCUT2D eigenvalue weighted by Crippen LogP contribution is 2.41. The number of hydrogen-bond acceptors (Lipinski definition) is 6. The number of nitro benzene ring substituents is 1. The molecule has 1 saturated heterocycles. The highest BCUT2D eigenvalue weighted by molar-refractivity contribution is 6.22. The van der Waals surface area contributed by atoms with Gasteiger partial charge in [-0.25, -0.2) is 4.90 Å². The van der Waals surface area contributed by atoms with Gasteiger partial charge < -0.3 is 10.1 Å². The molecule has 178 valence electrons. The molecule has 0 unspecified atom stereocenters. The lowest BCUT2D eigenvalue weighted by Crippen LogP contribution is -2.30. The summed E-state index contributed by atoms with van der Waals surface area (Å²) in [7, 11) is 0. The van der Waals surface area contributed by atoms with Crippen LogP contribution in [-0.4, -0.2) is 16.7 Å². The predicted molar refractivity (Wildman–Crippen MR) is 132 cm³/mol. The van der Waals surface area contributed by atoms with Crippen LogP contribution in [0.4, 0.5) is 22.7 Å². The number of rotatable bonds is 7. The molecule has 5 rings (SSSR count). The molecular weight excluding hydrogens is 446 g/mol. The maximum Gasteiger partial charge on any atom is 0.294 e. The van der Waals surface area contributed by atoms with Crippen molar-refractivity contribution in [2.24, 2.45) is 11.8 Å². The maximum atomic E-state index is 12.9. The number of carbonyl (C=O) groups is 2. The van der Waals surface area contributed by atoms with Crippen molar-refractivity contribution in [1.82, 2.24) is 0 Å². The molecule has 2 fully saturated rings. The molecule has 2 aliphatic rings. The topological polar surface area (TPSA) is 102 Å². The van der Waals surface area contributed by atoms with E-state index in [9.17, 15) is 19.7 Å². The Morgan fingerprint density at radius 1 is 0.914 bits per heavy atom. The Morgan fingerprint density at radius 2 is 1.57 bits per heavy atom. The summed E-state index contributed by atoms with van der Waals surface area (Å²) >= 11 is 0. The van der Waals surface area contributed by atoms with Crippen molar-refractivity contribution in [2.75, 3.05) is 10.2 Å². The summed E-state index contributed by atoms with van der Waals surface area (Å²) in [6.07, 6.45) is 3.23. The minimum atomic E-state index is -0.513. The number of nitro groups is 1. The van der Waals surface area contributed by atoms with Crippen molar-refractivity contribution in [3.8, 4) is 5.75 Å². The highest BCUT2D eigenvalue weighted by atomic mass is 16.6. The molecule has 2 atom stereocenters. The van der Waals surface area contributed by atoms with Crippen LogP contribution in [0.5, 0.6) is 5.75 Å². The van der Waals surface area contributed by atoms with Gasteiger partial charge in [0, 0.05) is 11.8 Å². The molecule has 3 aromatic carbocycles. The SMILES string of the molecule is O=C1[C@@H]2CCCC[C@H]2C(=O)N1c1ccc(Nc2ccc(OCc3ccccc3)cc2)c([N+](=O)[O-])c1. The van der Waals surface area contributed by atoms with Crippen molar-refractivity contribution in [3.05, 3.63) is 88.5 Å². The molecule has 2 amide bonds. The second-order valence-corrected chi connectivity index (χ2v) is 8.89. The highest BCUT2D eigenvalue weighted by Gasteiger charge is 2.49. The maximum absolute atomic E-state index is 12.9. The summed E-state index contributed by atoms with van der Waals surface area (Å²) < 4.78 is 5.79. The molecule has 1 N–H and O–H groups in total. The van der Waals surface area contributed by atoms with Gasteiger partial charge in [-0.15, -0.1) is 0 Å². The molecule has 0 radical (unpaired) electrons. The van der Waals surface area contributed by atoms with Crippen LogP contribution in [0.2, 0.25) is 0 Å². The van der Waals surface area contributed by atoms with E-state index in [-0.39, 0.29) is 40.7 Å². The third-order valence-electron chi connectivity index (χ3n) is 6.66. The fourth-order valence-electron chi connectivity index (χ4n) is 4.86. The first kappa shape index (κ1) is 22.6. The minimum absolute atomic E-state index is 0.206. The Labute approximate surface area is 202 Å². The Bertz CT molecular complexity index is 1240. The predicted octanol–water partition coefficient (Wildman–Crippen LogP) is 5.60. The van der Waals surface area contributed by atoms with Crippen LogP contribution in [-0.2, 0) is 16.2 Å². The molecule has 0 aromatic heterocycles. The van der Waals surface area contributed by atoms with Crippen LogP contribution in [0.3, 0.4) is 0 Å². The molecule has 3 aromatic rings. The minimum Gasteiger partial charge on any atom is -0.489 e. The van der Waals surface area contributed by atoms with E-state index in [1.165, 1.54) is 12.1 Å². The van der Waals surface area contributed by atoms with Gasteiger partial charge in [-0.1, -0.05) is 43.2 Å². The molecule has 0 bridgehead atoms. The van der Waals surface area contributed by atoms with E-state index in [1.807, 2.05) is 30.3 Å². The molecule has 8 nitrogen and oxygen atoms in total. The number of nitrogens with one attached hydrogen (secondary N) is 1. The quantitative estimate of drug-likeness (QED) is 0.274. The van der Waals surface area contributed by atoms with Gasteiger partial charge >= 0.3 is 0 Å². The first-order valence-electron chi connectivity index (χ1n) is 11.7. The van der Waals surface area contributed by atoms with Gasteiger partial charge in [0.05, 0.1) is 22.4 Å². The second-order valence-electron chi connectivity index (χ2n) is 8.89. The lowest BCUT2D eigenvalue weighted by atomic mass is 9.81. The average Bonchev–Trinajstić information content (AvgIpc) is 3.14. The molecule has 1 saturated carbocycles. The summed E-state index contributed by atoms with van der Waals surface area (Å²) in [4.78, 5) is 38.2. The van der Waals surface area contributed by atoms with Crippen LogP contribution in [0.25, 0.3) is 0 Å².